The quantitative estimate of drug-likeness (QED) is 0.333. The smallest absolute Gasteiger partial charge is 0.292 e. The van der Waals surface area contributed by atoms with Gasteiger partial charge < -0.3 is 5.73 Å². The van der Waals surface area contributed by atoms with E-state index in [0.717, 1.165) is 0 Å². The highest BCUT2D eigenvalue weighted by molar-refractivity contribution is 5.99. The Kier molecular flexibility index (Phi) is 3.43. The standard InChI is InChI=1S/C11H12N4O4/c12-11-7(2-1-3-8(11)15(18)19)4-14-5-9(16)13-10(17)6-14/h1-3H,4-6,12H2,(H,13,16,17). The molecule has 0 radical (unpaired) electrons. The Bertz CT molecular complexity index is 542. The molecule has 2 rings (SSSR count). The molecule has 1 aliphatic heterocycles. The number of hydrogen-bond acceptors (Lipinski definition) is 6. The van der Waals surface area contributed by atoms with Crippen molar-refractivity contribution in [3.05, 3.63) is 33.9 Å². The van der Waals surface area contributed by atoms with Crippen LogP contribution in [0.4, 0.5) is 11.4 Å². The Balaban J connectivity index is 2.19. The number of nitrogen functional groups attached to an aromatic ring is 1. The summed E-state index contributed by atoms with van der Waals surface area (Å²) in [5, 5.41) is 12.9. The number of para-hydroxylation sites is 1. The number of nitro benzene ring substituents is 1. The zero-order valence-corrected chi connectivity index (χ0v) is 9.96. The molecule has 0 saturated carbocycles. The molecule has 1 aromatic carbocycles. The zero-order valence-electron chi connectivity index (χ0n) is 9.96. The lowest BCUT2D eigenvalue weighted by Crippen LogP contribution is -2.50. The van der Waals surface area contributed by atoms with Crippen molar-refractivity contribution in [3.8, 4) is 0 Å². The van der Waals surface area contributed by atoms with Gasteiger partial charge in [-0.1, -0.05) is 12.1 Å². The van der Waals surface area contributed by atoms with E-state index < -0.39 is 4.92 Å². The van der Waals surface area contributed by atoms with Gasteiger partial charge in [0.1, 0.15) is 5.69 Å². The number of nitrogens with zero attached hydrogens (tertiary/aromatic N) is 2. The van der Waals surface area contributed by atoms with E-state index in [9.17, 15) is 19.7 Å². The lowest BCUT2D eigenvalue weighted by atomic mass is 10.1. The molecule has 8 heteroatoms. The van der Waals surface area contributed by atoms with Crippen molar-refractivity contribution in [1.29, 1.82) is 0 Å². The molecule has 0 unspecified atom stereocenters. The molecule has 1 saturated heterocycles. The summed E-state index contributed by atoms with van der Waals surface area (Å²) in [5.41, 5.74) is 6.13. The lowest BCUT2D eigenvalue weighted by molar-refractivity contribution is -0.384. The van der Waals surface area contributed by atoms with Crippen LogP contribution in [-0.2, 0) is 16.1 Å². The Morgan fingerprint density at radius 3 is 2.53 bits per heavy atom. The van der Waals surface area contributed by atoms with Crippen molar-refractivity contribution in [2.75, 3.05) is 18.8 Å². The number of carbonyl (C=O) groups is 2. The van der Waals surface area contributed by atoms with Gasteiger partial charge in [-0.3, -0.25) is 29.9 Å². The molecule has 8 nitrogen and oxygen atoms in total. The number of nitro groups is 1. The van der Waals surface area contributed by atoms with Crippen LogP contribution in [0.15, 0.2) is 18.2 Å². The Hall–Kier alpha value is -2.48. The summed E-state index contributed by atoms with van der Waals surface area (Å²) in [7, 11) is 0. The van der Waals surface area contributed by atoms with Gasteiger partial charge in [-0.05, 0) is 5.56 Å². The fraction of sp³-hybridized carbons (Fsp3) is 0.273. The van der Waals surface area contributed by atoms with Crippen molar-refractivity contribution >= 4 is 23.2 Å². The van der Waals surface area contributed by atoms with Crippen molar-refractivity contribution < 1.29 is 14.5 Å². The Labute approximate surface area is 108 Å². The summed E-state index contributed by atoms with van der Waals surface area (Å²) >= 11 is 0. The molecule has 1 fully saturated rings. The molecule has 2 amide bonds. The second kappa shape index (κ2) is 5.02. The molecule has 100 valence electrons. The topological polar surface area (TPSA) is 119 Å². The van der Waals surface area contributed by atoms with Crippen LogP contribution < -0.4 is 11.1 Å². The Morgan fingerprint density at radius 1 is 1.32 bits per heavy atom. The first-order valence-corrected chi connectivity index (χ1v) is 5.54. The maximum atomic E-state index is 11.2. The first kappa shape index (κ1) is 13.0. The van der Waals surface area contributed by atoms with Crippen LogP contribution in [0.25, 0.3) is 0 Å². The summed E-state index contributed by atoms with van der Waals surface area (Å²) in [6.07, 6.45) is 0. The zero-order chi connectivity index (χ0) is 14.0. The number of rotatable bonds is 3. The first-order chi connectivity index (χ1) is 8.97. The molecule has 1 aliphatic rings. The molecule has 0 aliphatic carbocycles. The van der Waals surface area contributed by atoms with E-state index in [-0.39, 0.29) is 42.8 Å². The van der Waals surface area contributed by atoms with Gasteiger partial charge in [-0.25, -0.2) is 0 Å². The number of carbonyl (C=O) groups excluding carboxylic acids is 2. The summed E-state index contributed by atoms with van der Waals surface area (Å²) in [4.78, 5) is 34.2. The number of benzene rings is 1. The van der Waals surface area contributed by atoms with Crippen LogP contribution in [0.3, 0.4) is 0 Å². The van der Waals surface area contributed by atoms with Gasteiger partial charge in [-0.15, -0.1) is 0 Å². The van der Waals surface area contributed by atoms with Gasteiger partial charge in [0.25, 0.3) is 5.69 Å². The number of nitrogens with one attached hydrogen (secondary N) is 1. The van der Waals surface area contributed by atoms with Crippen LogP contribution in [0.2, 0.25) is 0 Å². The molecule has 1 heterocycles. The highest BCUT2D eigenvalue weighted by atomic mass is 16.6. The number of amides is 2. The fourth-order valence-electron chi connectivity index (χ4n) is 1.95. The maximum absolute atomic E-state index is 11.2. The van der Waals surface area contributed by atoms with E-state index in [1.165, 1.54) is 12.1 Å². The first-order valence-electron chi connectivity index (χ1n) is 5.54. The van der Waals surface area contributed by atoms with E-state index in [0.29, 0.717) is 5.56 Å². The van der Waals surface area contributed by atoms with E-state index in [2.05, 4.69) is 5.32 Å². The average Bonchev–Trinajstić information content (AvgIpc) is 2.30. The van der Waals surface area contributed by atoms with Gasteiger partial charge in [0.15, 0.2) is 0 Å². The minimum atomic E-state index is -0.563. The molecule has 0 aromatic heterocycles. The summed E-state index contributed by atoms with van der Waals surface area (Å²) < 4.78 is 0. The molecule has 1 aromatic rings. The molecule has 0 bridgehead atoms. The van der Waals surface area contributed by atoms with Crippen LogP contribution >= 0.6 is 0 Å². The molecule has 0 spiro atoms. The fourth-order valence-corrected chi connectivity index (χ4v) is 1.95. The molecule has 19 heavy (non-hydrogen) atoms. The van der Waals surface area contributed by atoms with Gasteiger partial charge in [-0.2, -0.15) is 0 Å². The predicted octanol–water partition coefficient (Wildman–Crippen LogP) is -0.365. The van der Waals surface area contributed by atoms with Gasteiger partial charge in [0, 0.05) is 12.6 Å². The largest absolute Gasteiger partial charge is 0.393 e. The minimum Gasteiger partial charge on any atom is -0.393 e. The van der Waals surface area contributed by atoms with Crippen molar-refractivity contribution in [3.63, 3.8) is 0 Å². The second-order valence-electron chi connectivity index (χ2n) is 4.22. The predicted molar refractivity (Wildman–Crippen MR) is 65.9 cm³/mol. The summed E-state index contributed by atoms with van der Waals surface area (Å²) in [6.45, 7) is 0.342. The normalized spacial score (nSPS) is 16.2. The second-order valence-corrected chi connectivity index (χ2v) is 4.22. The van der Waals surface area contributed by atoms with Crippen LogP contribution in [0.5, 0.6) is 0 Å². The third-order valence-corrected chi connectivity index (χ3v) is 2.78. The van der Waals surface area contributed by atoms with E-state index in [1.807, 2.05) is 0 Å². The molecular weight excluding hydrogens is 252 g/mol. The van der Waals surface area contributed by atoms with Gasteiger partial charge in [0.2, 0.25) is 11.8 Å². The molecule has 3 N–H and O–H groups in total. The lowest BCUT2D eigenvalue weighted by Gasteiger charge is -2.25. The van der Waals surface area contributed by atoms with Crippen molar-refractivity contribution in [1.82, 2.24) is 10.2 Å². The molecule has 0 atom stereocenters. The minimum absolute atomic E-state index is 0.0610. The average molecular weight is 264 g/mol. The van der Waals surface area contributed by atoms with E-state index >= 15 is 0 Å². The monoisotopic (exact) mass is 264 g/mol. The van der Waals surface area contributed by atoms with E-state index in [4.69, 9.17) is 5.73 Å². The van der Waals surface area contributed by atoms with E-state index in [1.54, 1.807) is 11.0 Å². The number of hydrogen-bond donors (Lipinski definition) is 2. The third kappa shape index (κ3) is 2.86. The SMILES string of the molecule is Nc1c(CN2CC(=O)NC(=O)C2)cccc1[N+](=O)[O-]. The highest BCUT2D eigenvalue weighted by Crippen LogP contribution is 2.25. The number of nitrogens with two attached hydrogens (primary N) is 1. The summed E-state index contributed by atoms with van der Waals surface area (Å²) in [6, 6.07) is 4.47. The van der Waals surface area contributed by atoms with Crippen LogP contribution in [-0.4, -0.2) is 34.7 Å². The van der Waals surface area contributed by atoms with Gasteiger partial charge in [0.05, 0.1) is 18.0 Å². The van der Waals surface area contributed by atoms with Crippen molar-refractivity contribution in [2.24, 2.45) is 0 Å². The molecular formula is C11H12N4O4. The van der Waals surface area contributed by atoms with Crippen molar-refractivity contribution in [2.45, 2.75) is 6.54 Å². The van der Waals surface area contributed by atoms with Crippen LogP contribution in [0.1, 0.15) is 5.56 Å². The number of piperazine rings is 1. The number of imide groups is 1. The number of anilines is 1. The Morgan fingerprint density at radius 2 is 1.95 bits per heavy atom. The summed E-state index contributed by atoms with van der Waals surface area (Å²) in [5.74, 6) is -0.777. The maximum Gasteiger partial charge on any atom is 0.292 e. The highest BCUT2D eigenvalue weighted by Gasteiger charge is 2.24. The van der Waals surface area contributed by atoms with Crippen LogP contribution in [0, 0.1) is 10.1 Å². The van der Waals surface area contributed by atoms with Gasteiger partial charge >= 0.3 is 0 Å². The third-order valence-electron chi connectivity index (χ3n) is 2.78.